The minimum atomic E-state index is -4.56. The van der Waals surface area contributed by atoms with E-state index in [1.54, 1.807) is 38.1 Å². The van der Waals surface area contributed by atoms with Gasteiger partial charge in [0.2, 0.25) is 0 Å². The molecule has 2 aromatic carbocycles. The molecular weight excluding hydrogens is 473 g/mol. The summed E-state index contributed by atoms with van der Waals surface area (Å²) >= 11 is 0. The van der Waals surface area contributed by atoms with Crippen LogP contribution in [0, 0.1) is 13.8 Å². The van der Waals surface area contributed by atoms with Crippen molar-refractivity contribution >= 4 is 17.4 Å². The number of halogens is 3. The van der Waals surface area contributed by atoms with Crippen LogP contribution in [-0.2, 0) is 22.3 Å². The summed E-state index contributed by atoms with van der Waals surface area (Å²) in [6.45, 7) is 3.25. The highest BCUT2D eigenvalue weighted by atomic mass is 19.4. The first kappa shape index (κ1) is 25.0. The van der Waals surface area contributed by atoms with Crippen LogP contribution in [-0.4, -0.2) is 33.8 Å². The van der Waals surface area contributed by atoms with E-state index in [4.69, 9.17) is 4.74 Å². The van der Waals surface area contributed by atoms with Crippen LogP contribution < -0.4 is 4.74 Å². The molecule has 0 aliphatic carbocycles. The molecule has 0 bridgehead atoms. The number of rotatable bonds is 5. The predicted molar refractivity (Wildman–Crippen MR) is 126 cm³/mol. The molecule has 1 unspecified atom stereocenters. The van der Waals surface area contributed by atoms with Gasteiger partial charge in [-0.05, 0) is 72.5 Å². The number of aliphatic hydroxyl groups excluding tert-OH is 1. The zero-order valence-electron chi connectivity index (χ0n) is 19.8. The molecular formula is C27H23F3N2O4. The van der Waals surface area contributed by atoms with Crippen LogP contribution in [0.2, 0.25) is 0 Å². The molecule has 9 heteroatoms. The lowest BCUT2D eigenvalue weighted by atomic mass is 9.93. The summed E-state index contributed by atoms with van der Waals surface area (Å²) in [4.78, 5) is 31.5. The molecule has 0 saturated carbocycles. The van der Waals surface area contributed by atoms with E-state index in [1.807, 2.05) is 0 Å². The van der Waals surface area contributed by atoms with Crippen molar-refractivity contribution in [1.82, 2.24) is 9.88 Å². The van der Waals surface area contributed by atoms with Gasteiger partial charge in [-0.2, -0.15) is 13.2 Å². The minimum absolute atomic E-state index is 0.147. The van der Waals surface area contributed by atoms with Gasteiger partial charge in [0.1, 0.15) is 11.5 Å². The third kappa shape index (κ3) is 4.56. The van der Waals surface area contributed by atoms with E-state index in [2.05, 4.69) is 4.98 Å². The van der Waals surface area contributed by atoms with E-state index >= 15 is 0 Å². The number of likely N-dealkylation sites (tertiary alicyclic amines) is 1. The van der Waals surface area contributed by atoms with Crippen LogP contribution in [0.5, 0.6) is 5.75 Å². The molecule has 1 aromatic heterocycles. The number of benzene rings is 2. The first-order valence-electron chi connectivity index (χ1n) is 11.0. The van der Waals surface area contributed by atoms with Crippen LogP contribution in [0.1, 0.15) is 39.4 Å². The Morgan fingerprint density at radius 1 is 1.06 bits per heavy atom. The smallest absolute Gasteiger partial charge is 0.416 e. The van der Waals surface area contributed by atoms with Crippen molar-refractivity contribution in [3.8, 4) is 5.75 Å². The summed E-state index contributed by atoms with van der Waals surface area (Å²) in [5.74, 6) is -1.61. The molecule has 0 spiro atoms. The molecule has 1 N–H and O–H groups in total. The minimum Gasteiger partial charge on any atom is -0.507 e. The number of hydrogen-bond acceptors (Lipinski definition) is 5. The Morgan fingerprint density at radius 3 is 2.39 bits per heavy atom. The van der Waals surface area contributed by atoms with Gasteiger partial charge in [-0.1, -0.05) is 12.1 Å². The number of methoxy groups -OCH3 is 1. The van der Waals surface area contributed by atoms with E-state index in [-0.39, 0.29) is 23.4 Å². The fourth-order valence-electron chi connectivity index (χ4n) is 4.39. The first-order valence-corrected chi connectivity index (χ1v) is 11.0. The third-order valence-electron chi connectivity index (χ3n) is 6.17. The molecule has 1 atom stereocenters. The number of hydrogen-bond donors (Lipinski definition) is 1. The summed E-state index contributed by atoms with van der Waals surface area (Å²) in [5.41, 5.74) is 1.36. The number of alkyl halides is 3. The Balaban J connectivity index is 1.86. The van der Waals surface area contributed by atoms with Crippen LogP contribution in [0.25, 0.3) is 5.76 Å². The molecule has 1 saturated heterocycles. The maximum atomic E-state index is 13.3. The maximum Gasteiger partial charge on any atom is 0.416 e. The van der Waals surface area contributed by atoms with Crippen molar-refractivity contribution in [2.45, 2.75) is 32.6 Å². The highest BCUT2D eigenvalue weighted by Gasteiger charge is 2.46. The first-order chi connectivity index (χ1) is 17.0. The number of amides is 1. The van der Waals surface area contributed by atoms with Crippen LogP contribution >= 0.6 is 0 Å². The van der Waals surface area contributed by atoms with Gasteiger partial charge in [-0.25, -0.2) is 0 Å². The highest BCUT2D eigenvalue weighted by molar-refractivity contribution is 6.46. The van der Waals surface area contributed by atoms with Gasteiger partial charge in [0.25, 0.3) is 11.7 Å². The molecule has 1 fully saturated rings. The molecule has 1 aliphatic rings. The van der Waals surface area contributed by atoms with Gasteiger partial charge in [-0.15, -0.1) is 0 Å². The lowest BCUT2D eigenvalue weighted by Crippen LogP contribution is -2.29. The largest absolute Gasteiger partial charge is 0.507 e. The van der Waals surface area contributed by atoms with Crippen molar-refractivity contribution in [2.75, 3.05) is 7.11 Å². The molecule has 6 nitrogen and oxygen atoms in total. The van der Waals surface area contributed by atoms with Crippen LogP contribution in [0.4, 0.5) is 13.2 Å². The second-order valence-corrected chi connectivity index (χ2v) is 8.54. The second kappa shape index (κ2) is 9.49. The Labute approximate surface area is 205 Å². The van der Waals surface area contributed by atoms with E-state index in [1.165, 1.54) is 36.5 Å². The number of carbonyl (C=O) groups excluding carboxylic acids is 2. The maximum absolute atomic E-state index is 13.3. The fraction of sp³-hybridized carbons (Fsp3) is 0.222. The molecule has 1 aliphatic heterocycles. The molecule has 1 amide bonds. The molecule has 36 heavy (non-hydrogen) atoms. The Kier molecular flexibility index (Phi) is 6.58. The summed E-state index contributed by atoms with van der Waals surface area (Å²) in [6, 6.07) is 10.1. The zero-order valence-corrected chi connectivity index (χ0v) is 19.8. The summed E-state index contributed by atoms with van der Waals surface area (Å²) in [6.07, 6.45) is -1.61. The van der Waals surface area contributed by atoms with Gasteiger partial charge in [0, 0.05) is 24.5 Å². The summed E-state index contributed by atoms with van der Waals surface area (Å²) in [5, 5.41) is 11.3. The second-order valence-electron chi connectivity index (χ2n) is 8.54. The highest BCUT2D eigenvalue weighted by Crippen LogP contribution is 2.41. The van der Waals surface area contributed by atoms with Crippen molar-refractivity contribution in [3.05, 3.63) is 99.9 Å². The van der Waals surface area contributed by atoms with Gasteiger partial charge >= 0.3 is 6.18 Å². The predicted octanol–water partition coefficient (Wildman–Crippen LogP) is 5.35. The topological polar surface area (TPSA) is 79.7 Å². The van der Waals surface area contributed by atoms with Gasteiger partial charge in [0.15, 0.2) is 0 Å². The van der Waals surface area contributed by atoms with Gasteiger partial charge < -0.3 is 14.7 Å². The number of nitrogens with zero attached hydrogens (tertiary/aromatic N) is 2. The number of aromatic nitrogens is 1. The van der Waals surface area contributed by atoms with Crippen molar-refractivity contribution < 1.29 is 32.6 Å². The summed E-state index contributed by atoms with van der Waals surface area (Å²) in [7, 11) is 1.52. The fourth-order valence-corrected chi connectivity index (χ4v) is 4.39. The number of carbonyl (C=O) groups is 2. The lowest BCUT2D eigenvalue weighted by Gasteiger charge is -2.26. The summed E-state index contributed by atoms with van der Waals surface area (Å²) < 4.78 is 45.1. The number of ether oxygens (including phenoxy) is 1. The molecule has 0 radical (unpaired) electrons. The standard InChI is InChI=1S/C27H23F3N2O4/c1-15-12-21(36-3)16(2)11-20(15)24(33)22-23(18-7-9-31-10-8-18)32(26(35)25(22)34)14-17-5-4-6-19(13-17)27(28,29)30/h4-13,23,33H,14H2,1-3H3/b24-22+. The molecule has 186 valence electrons. The number of ketones is 1. The van der Waals surface area contributed by atoms with Crippen molar-refractivity contribution in [3.63, 3.8) is 0 Å². The van der Waals surface area contributed by atoms with E-state index in [9.17, 15) is 27.9 Å². The molecule has 3 aromatic rings. The van der Waals surface area contributed by atoms with Crippen molar-refractivity contribution in [1.29, 1.82) is 0 Å². The van der Waals surface area contributed by atoms with Crippen LogP contribution in [0.15, 0.2) is 66.5 Å². The number of aliphatic hydroxyl groups is 1. The van der Waals surface area contributed by atoms with Gasteiger partial charge in [-0.3, -0.25) is 14.6 Å². The lowest BCUT2D eigenvalue weighted by molar-refractivity contribution is -0.140. The van der Waals surface area contributed by atoms with Crippen LogP contribution in [0.3, 0.4) is 0 Å². The Bertz CT molecular complexity index is 1370. The normalized spacial score (nSPS) is 17.5. The SMILES string of the molecule is COc1cc(C)c(/C(O)=C2\C(=O)C(=O)N(Cc3cccc(C(F)(F)F)c3)C2c2ccncc2)cc1C. The Morgan fingerprint density at radius 2 is 1.75 bits per heavy atom. The van der Waals surface area contributed by atoms with E-state index < -0.39 is 29.5 Å². The van der Waals surface area contributed by atoms with E-state index in [0.717, 1.165) is 12.1 Å². The Hall–Kier alpha value is -4.14. The van der Waals surface area contributed by atoms with Crippen molar-refractivity contribution in [2.24, 2.45) is 0 Å². The average Bonchev–Trinajstić information content (AvgIpc) is 3.10. The molecule has 2 heterocycles. The quantitative estimate of drug-likeness (QED) is 0.293. The van der Waals surface area contributed by atoms with E-state index in [0.29, 0.717) is 28.0 Å². The average molecular weight is 496 g/mol. The zero-order chi connectivity index (χ0) is 26.2. The number of Topliss-reactive ketones (excluding diaryl/α,β-unsaturated/α-hetero) is 1. The number of pyridine rings is 1. The monoisotopic (exact) mass is 496 g/mol. The molecule has 4 rings (SSSR count). The van der Waals surface area contributed by atoms with Gasteiger partial charge in [0.05, 0.1) is 24.3 Å². The number of aryl methyl sites for hydroxylation is 2. The third-order valence-corrected chi connectivity index (χ3v) is 6.17.